The van der Waals surface area contributed by atoms with Gasteiger partial charge >= 0.3 is 0 Å². The minimum atomic E-state index is -0.309. The molecular weight excluding hydrogens is 400 g/mol. The summed E-state index contributed by atoms with van der Waals surface area (Å²) in [5, 5.41) is 0. The fourth-order valence-electron chi connectivity index (χ4n) is 1.57. The fourth-order valence-corrected chi connectivity index (χ4v) is 2.67. The van der Waals surface area contributed by atoms with Crippen LogP contribution >= 0.6 is 38.5 Å². The molecule has 0 fully saturated rings. The van der Waals surface area contributed by atoms with Crippen molar-refractivity contribution in [3.63, 3.8) is 0 Å². The molecule has 88 valence electrons. The monoisotopic (exact) mass is 407 g/mol. The predicted molar refractivity (Wildman–Crippen MR) is 77.5 cm³/mol. The number of benzene rings is 1. The van der Waals surface area contributed by atoms with Crippen molar-refractivity contribution in [1.82, 2.24) is 4.57 Å². The molecule has 0 unspecified atom stereocenters. The van der Waals surface area contributed by atoms with Gasteiger partial charge in [-0.25, -0.2) is 4.39 Å². The van der Waals surface area contributed by atoms with Crippen LogP contribution in [0, 0.1) is 9.39 Å². The minimum Gasteiger partial charge on any atom is -0.310 e. The van der Waals surface area contributed by atoms with Crippen molar-refractivity contribution in [2.24, 2.45) is 7.05 Å². The lowest BCUT2D eigenvalue weighted by Crippen LogP contribution is -2.20. The third-order valence-electron chi connectivity index (χ3n) is 2.46. The average molecular weight is 408 g/mol. The number of pyridine rings is 1. The van der Waals surface area contributed by atoms with E-state index in [1.165, 1.54) is 12.1 Å². The lowest BCUT2D eigenvalue weighted by molar-refractivity contribution is 0.627. The van der Waals surface area contributed by atoms with Crippen LogP contribution in [0.2, 0.25) is 0 Å². The molecule has 0 N–H and O–H groups in total. The van der Waals surface area contributed by atoms with Crippen LogP contribution in [0.25, 0.3) is 11.3 Å². The van der Waals surface area contributed by atoms with Crippen molar-refractivity contribution in [2.45, 2.75) is 0 Å². The Balaban J connectivity index is 2.69. The summed E-state index contributed by atoms with van der Waals surface area (Å²) in [7, 11) is 1.70. The van der Waals surface area contributed by atoms with Gasteiger partial charge in [-0.15, -0.1) is 0 Å². The molecule has 0 saturated carbocycles. The number of halogens is 3. The van der Waals surface area contributed by atoms with Crippen molar-refractivity contribution in [3.8, 4) is 11.3 Å². The number of hydrogen-bond acceptors (Lipinski definition) is 1. The minimum absolute atomic E-state index is 0.0562. The summed E-state index contributed by atoms with van der Waals surface area (Å²) in [5.74, 6) is -0.309. The molecule has 0 radical (unpaired) electrons. The van der Waals surface area contributed by atoms with Crippen LogP contribution in [0.5, 0.6) is 0 Å². The maximum absolute atomic E-state index is 13.0. The van der Waals surface area contributed by atoms with E-state index >= 15 is 0 Å². The highest BCUT2D eigenvalue weighted by Crippen LogP contribution is 2.27. The van der Waals surface area contributed by atoms with Gasteiger partial charge in [-0.3, -0.25) is 4.79 Å². The van der Waals surface area contributed by atoms with E-state index in [9.17, 15) is 9.18 Å². The highest BCUT2D eigenvalue weighted by Gasteiger charge is 2.09. The zero-order valence-electron chi connectivity index (χ0n) is 8.88. The molecule has 2 rings (SSSR count). The van der Waals surface area contributed by atoms with Crippen LogP contribution < -0.4 is 5.56 Å². The van der Waals surface area contributed by atoms with Crippen molar-refractivity contribution >= 4 is 38.5 Å². The van der Waals surface area contributed by atoms with E-state index in [0.29, 0.717) is 8.04 Å². The zero-order valence-corrected chi connectivity index (χ0v) is 12.6. The summed E-state index contributed by atoms with van der Waals surface area (Å²) in [5.41, 5.74) is 1.49. The van der Waals surface area contributed by atoms with Gasteiger partial charge in [0.1, 0.15) is 5.82 Å². The van der Waals surface area contributed by atoms with Crippen LogP contribution in [-0.4, -0.2) is 4.57 Å². The number of nitrogens with zero attached hydrogens (tertiary/aromatic N) is 1. The van der Waals surface area contributed by atoms with Gasteiger partial charge in [-0.1, -0.05) is 0 Å². The molecule has 2 nitrogen and oxygen atoms in total. The van der Waals surface area contributed by atoms with Crippen molar-refractivity contribution in [2.75, 3.05) is 0 Å². The van der Waals surface area contributed by atoms with Crippen molar-refractivity contribution < 1.29 is 4.39 Å². The van der Waals surface area contributed by atoms with Gasteiger partial charge in [0.05, 0.1) is 9.26 Å². The van der Waals surface area contributed by atoms with Crippen LogP contribution in [0.3, 0.4) is 0 Å². The molecular formula is C12H8BrFINO. The Labute approximate surface area is 120 Å². The Bertz CT molecular complexity index is 639. The second-order valence-electron chi connectivity index (χ2n) is 3.55. The molecule has 0 aliphatic heterocycles. The van der Waals surface area contributed by atoms with E-state index in [-0.39, 0.29) is 11.4 Å². The molecule has 0 bridgehead atoms. The summed E-state index contributed by atoms with van der Waals surface area (Å²) in [6.07, 6.45) is 0. The Morgan fingerprint density at radius 3 is 2.65 bits per heavy atom. The predicted octanol–water partition coefficient (Wildman–Crippen LogP) is 3.56. The summed E-state index contributed by atoms with van der Waals surface area (Å²) in [4.78, 5) is 11.8. The number of aromatic nitrogens is 1. The lowest BCUT2D eigenvalue weighted by atomic mass is 10.1. The molecule has 0 atom stereocenters. The molecule has 0 saturated heterocycles. The molecule has 0 spiro atoms. The van der Waals surface area contributed by atoms with E-state index in [1.807, 2.05) is 28.7 Å². The third-order valence-corrected chi connectivity index (χ3v) is 3.94. The summed E-state index contributed by atoms with van der Waals surface area (Å²) in [6.45, 7) is 0. The van der Waals surface area contributed by atoms with Gasteiger partial charge in [-0.2, -0.15) is 0 Å². The standard InChI is InChI=1S/C12H8BrFINO/c1-16-11(5-4-10(15)12(16)17)8-3-2-7(14)6-9(8)13/h2-6H,1H3. The highest BCUT2D eigenvalue weighted by atomic mass is 127. The van der Waals surface area contributed by atoms with Crippen LogP contribution in [0.1, 0.15) is 0 Å². The van der Waals surface area contributed by atoms with Gasteiger partial charge in [0.2, 0.25) is 0 Å². The Morgan fingerprint density at radius 2 is 2.00 bits per heavy atom. The molecule has 0 amide bonds. The molecule has 5 heteroatoms. The van der Waals surface area contributed by atoms with Crippen LogP contribution in [0.15, 0.2) is 39.6 Å². The fraction of sp³-hybridized carbons (Fsp3) is 0.0833. The van der Waals surface area contributed by atoms with E-state index in [1.54, 1.807) is 23.7 Å². The zero-order chi connectivity index (χ0) is 12.6. The summed E-state index contributed by atoms with van der Waals surface area (Å²) >= 11 is 5.30. The van der Waals surface area contributed by atoms with Gasteiger partial charge in [0, 0.05) is 17.1 Å². The van der Waals surface area contributed by atoms with E-state index in [4.69, 9.17) is 0 Å². The van der Waals surface area contributed by atoms with Crippen LogP contribution in [0.4, 0.5) is 4.39 Å². The molecule has 17 heavy (non-hydrogen) atoms. The second-order valence-corrected chi connectivity index (χ2v) is 5.57. The summed E-state index contributed by atoms with van der Waals surface area (Å²) in [6, 6.07) is 8.02. The maximum atomic E-state index is 13.0. The second kappa shape index (κ2) is 4.89. The van der Waals surface area contributed by atoms with Crippen molar-refractivity contribution in [3.05, 3.63) is 54.5 Å². The quantitative estimate of drug-likeness (QED) is 0.662. The summed E-state index contributed by atoms with van der Waals surface area (Å²) < 4.78 is 15.9. The smallest absolute Gasteiger partial charge is 0.264 e. The van der Waals surface area contributed by atoms with Gasteiger partial charge in [0.15, 0.2) is 0 Å². The van der Waals surface area contributed by atoms with Crippen LogP contribution in [-0.2, 0) is 7.05 Å². The normalized spacial score (nSPS) is 10.6. The average Bonchev–Trinajstić information content (AvgIpc) is 2.28. The lowest BCUT2D eigenvalue weighted by Gasteiger charge is -2.10. The molecule has 1 aromatic carbocycles. The molecule has 1 heterocycles. The van der Waals surface area contributed by atoms with E-state index in [2.05, 4.69) is 15.9 Å². The topological polar surface area (TPSA) is 22.0 Å². The molecule has 0 aliphatic carbocycles. The Hall–Kier alpha value is -0.690. The number of rotatable bonds is 1. The first-order valence-corrected chi connectivity index (χ1v) is 6.69. The first kappa shape index (κ1) is 12.8. The first-order valence-electron chi connectivity index (χ1n) is 4.81. The molecule has 1 aromatic heterocycles. The molecule has 0 aliphatic rings. The SMILES string of the molecule is Cn1c(-c2ccc(F)cc2Br)ccc(I)c1=O. The van der Waals surface area contributed by atoms with Crippen molar-refractivity contribution in [1.29, 1.82) is 0 Å². The Morgan fingerprint density at radius 1 is 1.29 bits per heavy atom. The van der Waals surface area contributed by atoms with E-state index < -0.39 is 0 Å². The Kier molecular flexibility index (Phi) is 3.67. The largest absolute Gasteiger partial charge is 0.310 e. The third kappa shape index (κ3) is 2.44. The van der Waals surface area contributed by atoms with E-state index in [0.717, 1.165) is 11.3 Å². The number of hydrogen-bond donors (Lipinski definition) is 0. The highest BCUT2D eigenvalue weighted by molar-refractivity contribution is 14.1. The maximum Gasteiger partial charge on any atom is 0.264 e. The first-order chi connectivity index (χ1) is 8.00. The van der Waals surface area contributed by atoms with Gasteiger partial charge in [-0.05, 0) is 68.9 Å². The van der Waals surface area contributed by atoms with Gasteiger partial charge < -0.3 is 4.57 Å². The molecule has 2 aromatic rings. The van der Waals surface area contributed by atoms with Gasteiger partial charge in [0.25, 0.3) is 5.56 Å².